The fourth-order valence-corrected chi connectivity index (χ4v) is 2.39. The average Bonchev–Trinajstić information content (AvgIpc) is 2.35. The zero-order valence-electron chi connectivity index (χ0n) is 11.9. The summed E-state index contributed by atoms with van der Waals surface area (Å²) in [5.74, 6) is -0.122. The second-order valence-electron chi connectivity index (χ2n) is 4.92. The van der Waals surface area contributed by atoms with Crippen LogP contribution in [0.5, 0.6) is 0 Å². The smallest absolute Gasteiger partial charge is 0.310 e. The Morgan fingerprint density at radius 1 is 1.28 bits per heavy atom. The molecule has 1 aromatic carbocycles. The van der Waals surface area contributed by atoms with Crippen LogP contribution in [0, 0.1) is 18.8 Å². The van der Waals surface area contributed by atoms with Crippen LogP contribution in [0.4, 0.5) is 0 Å². The van der Waals surface area contributed by atoms with Crippen LogP contribution in [0.25, 0.3) is 0 Å². The maximum atomic E-state index is 12.0. The Hall–Kier alpha value is -1.35. The quantitative estimate of drug-likeness (QED) is 0.815. The van der Waals surface area contributed by atoms with E-state index in [0.29, 0.717) is 0 Å². The monoisotopic (exact) mass is 249 g/mol. The molecule has 0 bridgehead atoms. The van der Waals surface area contributed by atoms with Gasteiger partial charge in [-0.1, -0.05) is 38.1 Å². The van der Waals surface area contributed by atoms with Crippen molar-refractivity contribution in [1.82, 2.24) is 5.32 Å². The maximum Gasteiger partial charge on any atom is 0.310 e. The lowest BCUT2D eigenvalue weighted by Gasteiger charge is -2.29. The molecule has 1 N–H and O–H groups in total. The van der Waals surface area contributed by atoms with Crippen molar-refractivity contribution in [2.75, 3.05) is 14.2 Å². The first-order valence-corrected chi connectivity index (χ1v) is 6.33. The molecule has 0 aliphatic heterocycles. The third kappa shape index (κ3) is 3.10. The Labute approximate surface area is 110 Å². The Bertz CT molecular complexity index is 401. The number of esters is 1. The van der Waals surface area contributed by atoms with Crippen LogP contribution in [0.15, 0.2) is 24.3 Å². The fourth-order valence-electron chi connectivity index (χ4n) is 2.39. The molecule has 18 heavy (non-hydrogen) atoms. The number of carbonyl (C=O) groups is 1. The summed E-state index contributed by atoms with van der Waals surface area (Å²) < 4.78 is 4.94. The highest BCUT2D eigenvalue weighted by Crippen LogP contribution is 2.30. The molecule has 0 heterocycles. The van der Waals surface area contributed by atoms with Crippen molar-refractivity contribution >= 4 is 5.97 Å². The lowest BCUT2D eigenvalue weighted by Crippen LogP contribution is -2.35. The number of aryl methyl sites for hydroxylation is 1. The fraction of sp³-hybridized carbons (Fsp3) is 0.533. The van der Waals surface area contributed by atoms with E-state index in [1.165, 1.54) is 12.7 Å². The minimum atomic E-state index is -0.180. The molecule has 0 aliphatic rings. The number of rotatable bonds is 5. The predicted molar refractivity (Wildman–Crippen MR) is 73.3 cm³/mol. The number of hydrogen-bond acceptors (Lipinski definition) is 3. The van der Waals surface area contributed by atoms with Crippen molar-refractivity contribution in [2.24, 2.45) is 11.8 Å². The molecule has 0 amide bonds. The summed E-state index contributed by atoms with van der Waals surface area (Å²) in [6.07, 6.45) is 0. The van der Waals surface area contributed by atoms with Gasteiger partial charge in [0.15, 0.2) is 0 Å². The summed E-state index contributed by atoms with van der Waals surface area (Å²) in [4.78, 5) is 12.0. The second-order valence-corrected chi connectivity index (χ2v) is 4.92. The molecule has 0 fully saturated rings. The first kappa shape index (κ1) is 14.7. The Balaban J connectivity index is 3.14. The van der Waals surface area contributed by atoms with E-state index in [1.54, 1.807) is 0 Å². The Kier molecular flexibility index (Phi) is 5.35. The lowest BCUT2D eigenvalue weighted by atomic mass is 9.83. The van der Waals surface area contributed by atoms with E-state index in [4.69, 9.17) is 4.74 Å². The number of methoxy groups -OCH3 is 1. The van der Waals surface area contributed by atoms with Gasteiger partial charge in [0.05, 0.1) is 13.0 Å². The van der Waals surface area contributed by atoms with E-state index in [1.807, 2.05) is 33.0 Å². The maximum absolute atomic E-state index is 12.0. The zero-order chi connectivity index (χ0) is 13.7. The minimum absolute atomic E-state index is 0.0151. The second kappa shape index (κ2) is 6.55. The van der Waals surface area contributed by atoms with Crippen molar-refractivity contribution in [3.63, 3.8) is 0 Å². The summed E-state index contributed by atoms with van der Waals surface area (Å²) >= 11 is 0. The highest BCUT2D eigenvalue weighted by atomic mass is 16.5. The molecule has 3 nitrogen and oxygen atoms in total. The van der Waals surface area contributed by atoms with Gasteiger partial charge >= 0.3 is 5.97 Å². The van der Waals surface area contributed by atoms with Crippen LogP contribution in [-0.4, -0.2) is 20.1 Å². The van der Waals surface area contributed by atoms with Crippen molar-refractivity contribution < 1.29 is 9.53 Å². The van der Waals surface area contributed by atoms with E-state index in [-0.39, 0.29) is 23.8 Å². The van der Waals surface area contributed by atoms with Crippen molar-refractivity contribution in [2.45, 2.75) is 26.8 Å². The normalized spacial score (nSPS) is 14.3. The minimum Gasteiger partial charge on any atom is -0.469 e. The van der Waals surface area contributed by atoms with E-state index < -0.39 is 0 Å². The largest absolute Gasteiger partial charge is 0.469 e. The summed E-state index contributed by atoms with van der Waals surface area (Å²) in [6, 6.07) is 8.12. The van der Waals surface area contributed by atoms with Gasteiger partial charge in [-0.25, -0.2) is 0 Å². The first-order chi connectivity index (χ1) is 8.52. The summed E-state index contributed by atoms with van der Waals surface area (Å²) in [5, 5.41) is 3.26. The van der Waals surface area contributed by atoms with Gasteiger partial charge in [-0.2, -0.15) is 0 Å². The molecule has 0 aromatic heterocycles. The van der Waals surface area contributed by atoms with Crippen LogP contribution in [0.2, 0.25) is 0 Å². The summed E-state index contributed by atoms with van der Waals surface area (Å²) in [7, 11) is 3.33. The van der Waals surface area contributed by atoms with Crippen molar-refractivity contribution in [1.29, 1.82) is 0 Å². The molecule has 1 rings (SSSR count). The molecule has 0 radical (unpaired) electrons. The molecular weight excluding hydrogens is 226 g/mol. The molecule has 2 atom stereocenters. The molecule has 0 saturated heterocycles. The van der Waals surface area contributed by atoms with Crippen LogP contribution >= 0.6 is 0 Å². The highest BCUT2D eigenvalue weighted by molar-refractivity contribution is 5.74. The van der Waals surface area contributed by atoms with Crippen LogP contribution in [0.1, 0.15) is 31.0 Å². The van der Waals surface area contributed by atoms with Crippen molar-refractivity contribution in [3.8, 4) is 0 Å². The number of hydrogen-bond donors (Lipinski definition) is 1. The topological polar surface area (TPSA) is 38.3 Å². The Morgan fingerprint density at radius 2 is 1.89 bits per heavy atom. The van der Waals surface area contributed by atoms with Crippen LogP contribution < -0.4 is 5.32 Å². The molecule has 2 unspecified atom stereocenters. The van der Waals surface area contributed by atoms with E-state index in [9.17, 15) is 4.79 Å². The van der Waals surface area contributed by atoms with Crippen molar-refractivity contribution in [3.05, 3.63) is 35.4 Å². The number of carbonyl (C=O) groups excluding carboxylic acids is 1. The predicted octanol–water partition coefficient (Wildman–Crippen LogP) is 2.70. The van der Waals surface area contributed by atoms with Gasteiger partial charge in [0.2, 0.25) is 0 Å². The summed E-state index contributed by atoms with van der Waals surface area (Å²) in [5.41, 5.74) is 2.34. The number of nitrogens with one attached hydrogen (secondary N) is 1. The van der Waals surface area contributed by atoms with E-state index >= 15 is 0 Å². The van der Waals surface area contributed by atoms with Gasteiger partial charge in [0.1, 0.15) is 0 Å². The van der Waals surface area contributed by atoms with E-state index in [0.717, 1.165) is 5.56 Å². The van der Waals surface area contributed by atoms with Gasteiger partial charge in [0.25, 0.3) is 0 Å². The zero-order valence-corrected chi connectivity index (χ0v) is 11.9. The van der Waals surface area contributed by atoms with Gasteiger partial charge in [-0.05, 0) is 31.0 Å². The lowest BCUT2D eigenvalue weighted by molar-refractivity contribution is -0.148. The van der Waals surface area contributed by atoms with Crippen LogP contribution in [0.3, 0.4) is 0 Å². The number of benzene rings is 1. The van der Waals surface area contributed by atoms with Gasteiger partial charge in [-0.3, -0.25) is 4.79 Å². The molecular formula is C15H23NO2. The SMILES string of the molecule is CNC(c1ccccc1C)C(C(=O)OC)C(C)C. The Morgan fingerprint density at radius 3 is 2.33 bits per heavy atom. The van der Waals surface area contributed by atoms with Gasteiger partial charge in [-0.15, -0.1) is 0 Å². The first-order valence-electron chi connectivity index (χ1n) is 6.33. The average molecular weight is 249 g/mol. The summed E-state index contributed by atoms with van der Waals surface area (Å²) in [6.45, 7) is 6.16. The molecule has 0 aliphatic carbocycles. The van der Waals surface area contributed by atoms with Gasteiger partial charge < -0.3 is 10.1 Å². The van der Waals surface area contributed by atoms with Crippen LogP contribution in [-0.2, 0) is 9.53 Å². The standard InChI is InChI=1S/C15H23NO2/c1-10(2)13(15(17)18-5)14(16-4)12-9-7-6-8-11(12)3/h6-10,13-14,16H,1-5H3. The molecule has 1 aromatic rings. The molecule has 0 spiro atoms. The number of ether oxygens (including phenoxy) is 1. The third-order valence-corrected chi connectivity index (χ3v) is 3.39. The molecule has 3 heteroatoms. The van der Waals surface area contributed by atoms with Gasteiger partial charge in [0, 0.05) is 6.04 Å². The molecule has 0 saturated carbocycles. The third-order valence-electron chi connectivity index (χ3n) is 3.39. The highest BCUT2D eigenvalue weighted by Gasteiger charge is 2.32. The molecule has 100 valence electrons. The van der Waals surface area contributed by atoms with E-state index in [2.05, 4.69) is 24.4 Å².